The summed E-state index contributed by atoms with van der Waals surface area (Å²) in [5.41, 5.74) is 1.02. The van der Waals surface area contributed by atoms with E-state index in [9.17, 15) is 4.79 Å². The van der Waals surface area contributed by atoms with E-state index in [-0.39, 0.29) is 11.5 Å². The third-order valence-corrected chi connectivity index (χ3v) is 3.58. The normalized spacial score (nSPS) is 16.6. The number of carbonyl (C=O) groups is 1. The fourth-order valence-corrected chi connectivity index (χ4v) is 2.21. The van der Waals surface area contributed by atoms with Gasteiger partial charge in [-0.2, -0.15) is 5.26 Å². The monoisotopic (exact) mass is 269 g/mol. The maximum Gasteiger partial charge on any atom is 0.266 e. The Morgan fingerprint density at radius 3 is 2.60 bits per heavy atom. The number of likely N-dealkylation sites (tertiary alicyclic amines) is 1. The van der Waals surface area contributed by atoms with Crippen molar-refractivity contribution in [2.75, 3.05) is 18.4 Å². The molecule has 1 aromatic carbocycles. The summed E-state index contributed by atoms with van der Waals surface area (Å²) in [6.07, 6.45) is 3.52. The zero-order chi connectivity index (χ0) is 14.4. The van der Waals surface area contributed by atoms with Crippen LogP contribution in [0.2, 0.25) is 0 Å². The number of hydrogen-bond acceptors (Lipinski definition) is 3. The minimum atomic E-state index is -0.178. The highest BCUT2D eigenvalue weighted by atomic mass is 16.2. The quantitative estimate of drug-likeness (QED) is 0.678. The highest BCUT2D eigenvalue weighted by Crippen LogP contribution is 2.17. The van der Waals surface area contributed by atoms with E-state index in [1.807, 2.05) is 36.4 Å². The average Bonchev–Trinajstić information content (AvgIpc) is 2.49. The van der Waals surface area contributed by atoms with E-state index in [1.54, 1.807) is 4.90 Å². The Labute approximate surface area is 119 Å². The molecule has 1 heterocycles. The zero-order valence-electron chi connectivity index (χ0n) is 11.7. The number of piperidine rings is 1. The van der Waals surface area contributed by atoms with Crippen LogP contribution in [0.25, 0.3) is 0 Å². The smallest absolute Gasteiger partial charge is 0.266 e. The molecule has 0 aliphatic carbocycles. The first-order valence-electron chi connectivity index (χ1n) is 6.92. The number of carbonyl (C=O) groups excluding carboxylic acids is 1. The third kappa shape index (κ3) is 3.61. The molecule has 0 unspecified atom stereocenters. The molecule has 0 saturated carbocycles. The lowest BCUT2D eigenvalue weighted by Crippen LogP contribution is -2.38. The molecule has 0 spiro atoms. The standard InChI is InChI=1S/C16H19N3O/c1-13-7-9-19(10-8-13)16(20)14(11-17)12-18-15-5-3-2-4-6-15/h2-6,12-13,18H,7-10H2,1H3/b14-12-. The van der Waals surface area contributed by atoms with Gasteiger partial charge in [-0.1, -0.05) is 25.1 Å². The summed E-state index contributed by atoms with van der Waals surface area (Å²) in [6, 6.07) is 11.5. The number of anilines is 1. The van der Waals surface area contributed by atoms with Crippen molar-refractivity contribution in [2.24, 2.45) is 5.92 Å². The molecule has 4 heteroatoms. The van der Waals surface area contributed by atoms with Crippen molar-refractivity contribution in [3.05, 3.63) is 42.1 Å². The van der Waals surface area contributed by atoms with Gasteiger partial charge < -0.3 is 10.2 Å². The number of nitrogens with zero attached hydrogens (tertiary/aromatic N) is 2. The van der Waals surface area contributed by atoms with Crippen molar-refractivity contribution in [3.8, 4) is 6.07 Å². The fourth-order valence-electron chi connectivity index (χ4n) is 2.21. The maximum absolute atomic E-state index is 12.3. The largest absolute Gasteiger partial charge is 0.360 e. The van der Waals surface area contributed by atoms with Crippen LogP contribution < -0.4 is 5.32 Å². The molecule has 1 amide bonds. The Morgan fingerprint density at radius 1 is 1.35 bits per heavy atom. The summed E-state index contributed by atoms with van der Waals surface area (Å²) in [6.45, 7) is 3.68. The van der Waals surface area contributed by atoms with Crippen LogP contribution in [-0.2, 0) is 4.79 Å². The zero-order valence-corrected chi connectivity index (χ0v) is 11.7. The van der Waals surface area contributed by atoms with E-state index in [4.69, 9.17) is 5.26 Å². The van der Waals surface area contributed by atoms with Gasteiger partial charge in [-0.3, -0.25) is 4.79 Å². The van der Waals surface area contributed by atoms with Crippen LogP contribution in [0.1, 0.15) is 19.8 Å². The predicted octanol–water partition coefficient (Wildman–Crippen LogP) is 2.76. The van der Waals surface area contributed by atoms with Crippen molar-refractivity contribution in [1.29, 1.82) is 5.26 Å². The van der Waals surface area contributed by atoms with Crippen LogP contribution in [0.4, 0.5) is 5.69 Å². The average molecular weight is 269 g/mol. The second-order valence-corrected chi connectivity index (χ2v) is 5.15. The van der Waals surface area contributed by atoms with E-state index in [1.165, 1.54) is 6.20 Å². The molecule has 1 aromatic rings. The lowest BCUT2D eigenvalue weighted by molar-refractivity contribution is -0.128. The predicted molar refractivity (Wildman–Crippen MR) is 78.7 cm³/mol. The maximum atomic E-state index is 12.3. The molecule has 1 N–H and O–H groups in total. The summed E-state index contributed by atoms with van der Waals surface area (Å²) >= 11 is 0. The molecule has 1 aliphatic heterocycles. The molecule has 0 radical (unpaired) electrons. The summed E-state index contributed by atoms with van der Waals surface area (Å²) < 4.78 is 0. The third-order valence-electron chi connectivity index (χ3n) is 3.58. The topological polar surface area (TPSA) is 56.1 Å². The molecule has 1 saturated heterocycles. The van der Waals surface area contributed by atoms with Gasteiger partial charge in [-0.15, -0.1) is 0 Å². The molecule has 20 heavy (non-hydrogen) atoms. The fraction of sp³-hybridized carbons (Fsp3) is 0.375. The van der Waals surface area contributed by atoms with Crippen LogP contribution in [0.3, 0.4) is 0 Å². The number of hydrogen-bond donors (Lipinski definition) is 1. The number of para-hydroxylation sites is 1. The van der Waals surface area contributed by atoms with Crippen LogP contribution in [0.5, 0.6) is 0 Å². The molecular formula is C16H19N3O. The molecular weight excluding hydrogens is 250 g/mol. The Hall–Kier alpha value is -2.28. The Balaban J connectivity index is 2.01. The van der Waals surface area contributed by atoms with Crippen LogP contribution in [-0.4, -0.2) is 23.9 Å². The summed E-state index contributed by atoms with van der Waals surface area (Å²) in [4.78, 5) is 14.0. The Kier molecular flexibility index (Phi) is 4.78. The van der Waals surface area contributed by atoms with Gasteiger partial charge in [0.15, 0.2) is 0 Å². The molecule has 0 bridgehead atoms. The van der Waals surface area contributed by atoms with Gasteiger partial charge in [0, 0.05) is 25.0 Å². The van der Waals surface area contributed by atoms with Crippen molar-refractivity contribution in [2.45, 2.75) is 19.8 Å². The van der Waals surface area contributed by atoms with Crippen molar-refractivity contribution in [3.63, 3.8) is 0 Å². The van der Waals surface area contributed by atoms with Crippen LogP contribution in [0, 0.1) is 17.2 Å². The summed E-state index contributed by atoms with van der Waals surface area (Å²) in [5, 5.41) is 12.1. The molecule has 1 fully saturated rings. The molecule has 0 atom stereocenters. The van der Waals surface area contributed by atoms with Crippen molar-refractivity contribution in [1.82, 2.24) is 4.90 Å². The highest BCUT2D eigenvalue weighted by Gasteiger charge is 2.22. The minimum absolute atomic E-state index is 0.156. The van der Waals surface area contributed by atoms with Gasteiger partial charge in [-0.25, -0.2) is 0 Å². The first-order valence-corrected chi connectivity index (χ1v) is 6.92. The molecule has 1 aliphatic rings. The minimum Gasteiger partial charge on any atom is -0.360 e. The van der Waals surface area contributed by atoms with E-state index in [2.05, 4.69) is 12.2 Å². The van der Waals surface area contributed by atoms with Gasteiger partial charge in [0.25, 0.3) is 5.91 Å². The number of rotatable bonds is 3. The lowest BCUT2D eigenvalue weighted by Gasteiger charge is -2.30. The van der Waals surface area contributed by atoms with Gasteiger partial charge in [0.05, 0.1) is 0 Å². The van der Waals surface area contributed by atoms with Crippen molar-refractivity contribution < 1.29 is 4.79 Å². The number of amides is 1. The number of nitrogens with one attached hydrogen (secondary N) is 1. The highest BCUT2D eigenvalue weighted by molar-refractivity contribution is 5.97. The molecule has 2 rings (SSSR count). The number of nitriles is 1. The van der Waals surface area contributed by atoms with Gasteiger partial charge in [0.2, 0.25) is 0 Å². The van der Waals surface area contributed by atoms with Crippen LogP contribution >= 0.6 is 0 Å². The van der Waals surface area contributed by atoms with Gasteiger partial charge in [0.1, 0.15) is 11.6 Å². The van der Waals surface area contributed by atoms with Gasteiger partial charge >= 0.3 is 0 Å². The molecule has 104 valence electrons. The second-order valence-electron chi connectivity index (χ2n) is 5.15. The Bertz CT molecular complexity index is 522. The van der Waals surface area contributed by atoms with E-state index in [0.29, 0.717) is 5.92 Å². The van der Waals surface area contributed by atoms with Gasteiger partial charge in [-0.05, 0) is 30.9 Å². The van der Waals surface area contributed by atoms with Crippen LogP contribution in [0.15, 0.2) is 42.1 Å². The second kappa shape index (κ2) is 6.76. The van der Waals surface area contributed by atoms with Crippen molar-refractivity contribution >= 4 is 11.6 Å². The van der Waals surface area contributed by atoms with E-state index < -0.39 is 0 Å². The lowest BCUT2D eigenvalue weighted by atomic mass is 9.99. The summed E-state index contributed by atoms with van der Waals surface area (Å²) in [7, 11) is 0. The summed E-state index contributed by atoms with van der Waals surface area (Å²) in [5.74, 6) is 0.485. The molecule has 4 nitrogen and oxygen atoms in total. The van der Waals surface area contributed by atoms with E-state index in [0.717, 1.165) is 31.6 Å². The molecule has 0 aromatic heterocycles. The van der Waals surface area contributed by atoms with E-state index >= 15 is 0 Å². The first kappa shape index (κ1) is 14.1. The SMILES string of the molecule is CC1CCN(C(=O)/C(C#N)=C\Nc2ccccc2)CC1. The first-order chi connectivity index (χ1) is 9.70. The number of benzene rings is 1. The Morgan fingerprint density at radius 2 is 2.00 bits per heavy atom.